The lowest BCUT2D eigenvalue weighted by Crippen LogP contribution is -2.62. The third-order valence-corrected chi connectivity index (χ3v) is 4.20. The number of rotatable bonds is 5. The van der Waals surface area contributed by atoms with E-state index in [1.54, 1.807) is 0 Å². The van der Waals surface area contributed by atoms with Gasteiger partial charge in [-0.05, 0) is 5.56 Å². The summed E-state index contributed by atoms with van der Waals surface area (Å²) in [5, 5.41) is 0. The molecule has 1 fully saturated rings. The minimum absolute atomic E-state index is 0.306. The van der Waals surface area contributed by atoms with E-state index in [4.69, 9.17) is 4.89 Å². The molecule has 0 aromatic heterocycles. The fourth-order valence-corrected chi connectivity index (χ4v) is 2.94. The lowest BCUT2D eigenvalue weighted by molar-refractivity contribution is -0.388. The second-order valence-electron chi connectivity index (χ2n) is 5.68. The maximum atomic E-state index is 14.6. The van der Waals surface area contributed by atoms with Gasteiger partial charge in [0, 0.05) is 6.66 Å². The normalized spacial score (nSPS) is 29.9. The Bertz CT molecular complexity index is 751. The molecule has 27 heavy (non-hydrogen) atoms. The maximum absolute atomic E-state index is 14.6. The topological polar surface area (TPSA) is 55.8 Å². The summed E-state index contributed by atoms with van der Waals surface area (Å²) >= 11 is 0. The molecular weight excluding hydrogens is 422 g/mol. The van der Waals surface area contributed by atoms with Crippen molar-refractivity contribution in [3.8, 4) is 0 Å². The molecule has 1 unspecified atom stereocenters. The molecule has 1 heterocycles. The third kappa shape index (κ3) is 3.14. The van der Waals surface area contributed by atoms with Gasteiger partial charge in [0.05, 0.1) is 0 Å². The molecule has 2 rings (SSSR count). The molecule has 14 heteroatoms. The summed E-state index contributed by atoms with van der Waals surface area (Å²) in [6.07, 6.45) is -9.74. The summed E-state index contributed by atoms with van der Waals surface area (Å²) in [7, 11) is -4.98. The van der Waals surface area contributed by atoms with Crippen LogP contribution in [0.5, 0.6) is 0 Å². The Balaban J connectivity index is 2.67. The van der Waals surface area contributed by atoms with Gasteiger partial charge in [0.2, 0.25) is 0 Å². The zero-order valence-corrected chi connectivity index (χ0v) is 13.9. The van der Waals surface area contributed by atoms with Crippen LogP contribution in [0, 0.1) is 0 Å². The van der Waals surface area contributed by atoms with E-state index < -0.39 is 49.0 Å². The molecule has 0 bridgehead atoms. The number of hydrogen-bond acceptors (Lipinski definition) is 3. The molecule has 0 radical (unpaired) electrons. The van der Waals surface area contributed by atoms with E-state index in [0.29, 0.717) is 18.8 Å². The molecule has 154 valence electrons. The zero-order chi connectivity index (χ0) is 21.1. The van der Waals surface area contributed by atoms with Crippen molar-refractivity contribution in [2.24, 2.45) is 0 Å². The standard InChI is InChI=1S/C13H10F9O4P/c1-27(23,24)25-8(7-5-3-2-4-6-7)9(14,15)12(20)10(16,17)11(18,19)13(21,22)26-12/h2-6,8H,1H3,(H,23,24)/t8-,12-/m0/s1. The molecule has 1 aromatic rings. The molecule has 0 saturated carbocycles. The van der Waals surface area contributed by atoms with Crippen LogP contribution in [0.2, 0.25) is 0 Å². The Morgan fingerprint density at radius 1 is 1.04 bits per heavy atom. The van der Waals surface area contributed by atoms with E-state index in [1.807, 2.05) is 0 Å². The van der Waals surface area contributed by atoms with Crippen molar-refractivity contribution in [2.45, 2.75) is 35.8 Å². The number of hydrogen-bond donors (Lipinski definition) is 1. The van der Waals surface area contributed by atoms with E-state index in [0.717, 1.165) is 12.1 Å². The fourth-order valence-electron chi connectivity index (χ4n) is 2.30. The molecule has 4 nitrogen and oxygen atoms in total. The monoisotopic (exact) mass is 432 g/mol. The Hall–Kier alpha value is -1.30. The predicted molar refractivity (Wildman–Crippen MR) is 70.7 cm³/mol. The Morgan fingerprint density at radius 3 is 1.89 bits per heavy atom. The van der Waals surface area contributed by atoms with Crippen molar-refractivity contribution in [2.75, 3.05) is 6.66 Å². The molecule has 0 spiro atoms. The Labute approximate surface area is 145 Å². The van der Waals surface area contributed by atoms with Crippen molar-refractivity contribution in [1.82, 2.24) is 0 Å². The van der Waals surface area contributed by atoms with Crippen LogP contribution in [-0.4, -0.2) is 41.3 Å². The van der Waals surface area contributed by atoms with Gasteiger partial charge in [-0.2, -0.15) is 39.5 Å². The van der Waals surface area contributed by atoms with Crippen LogP contribution in [0.3, 0.4) is 0 Å². The second kappa shape index (κ2) is 6.10. The van der Waals surface area contributed by atoms with Crippen LogP contribution in [0.4, 0.5) is 39.5 Å². The highest BCUT2D eigenvalue weighted by molar-refractivity contribution is 7.51. The van der Waals surface area contributed by atoms with Gasteiger partial charge in [0.1, 0.15) is 0 Å². The van der Waals surface area contributed by atoms with Gasteiger partial charge in [-0.15, -0.1) is 0 Å². The molecule has 1 aliphatic rings. The van der Waals surface area contributed by atoms with Crippen LogP contribution in [-0.2, 0) is 13.8 Å². The summed E-state index contributed by atoms with van der Waals surface area (Å²) in [4.78, 5) is 9.13. The zero-order valence-electron chi connectivity index (χ0n) is 13.0. The molecule has 1 saturated heterocycles. The van der Waals surface area contributed by atoms with E-state index in [2.05, 4.69) is 9.26 Å². The van der Waals surface area contributed by atoms with E-state index >= 15 is 0 Å². The number of halogens is 9. The van der Waals surface area contributed by atoms with Gasteiger partial charge < -0.3 is 4.89 Å². The minimum atomic E-state index is -6.73. The van der Waals surface area contributed by atoms with Crippen molar-refractivity contribution in [3.63, 3.8) is 0 Å². The highest BCUT2D eigenvalue weighted by Gasteiger charge is 2.95. The Kier molecular flexibility index (Phi) is 4.97. The van der Waals surface area contributed by atoms with Gasteiger partial charge in [-0.1, -0.05) is 30.3 Å². The fraction of sp³-hybridized carbons (Fsp3) is 0.538. The van der Waals surface area contributed by atoms with Gasteiger partial charge in [0.25, 0.3) is 0 Å². The van der Waals surface area contributed by atoms with Crippen LogP contribution < -0.4 is 0 Å². The van der Waals surface area contributed by atoms with Crippen LogP contribution in [0.25, 0.3) is 0 Å². The first-order chi connectivity index (χ1) is 11.9. The molecule has 1 aromatic carbocycles. The Morgan fingerprint density at radius 2 is 1.52 bits per heavy atom. The smallest absolute Gasteiger partial charge is 0.324 e. The molecule has 0 amide bonds. The van der Waals surface area contributed by atoms with Gasteiger partial charge >= 0.3 is 37.3 Å². The molecule has 1 aliphatic heterocycles. The number of ether oxygens (including phenoxy) is 1. The van der Waals surface area contributed by atoms with Crippen molar-refractivity contribution in [1.29, 1.82) is 0 Å². The van der Waals surface area contributed by atoms with Crippen molar-refractivity contribution >= 4 is 7.60 Å². The van der Waals surface area contributed by atoms with Gasteiger partial charge in [-0.3, -0.25) is 13.8 Å². The summed E-state index contributed by atoms with van der Waals surface area (Å²) in [5.74, 6) is -25.6. The third-order valence-electron chi connectivity index (χ3n) is 3.59. The summed E-state index contributed by atoms with van der Waals surface area (Å²) in [6.45, 7) is 0.306. The van der Waals surface area contributed by atoms with Crippen molar-refractivity contribution in [3.05, 3.63) is 35.9 Å². The van der Waals surface area contributed by atoms with Crippen molar-refractivity contribution < 1.29 is 58.2 Å². The van der Waals surface area contributed by atoms with Gasteiger partial charge in [0.15, 0.2) is 6.10 Å². The SMILES string of the molecule is CP(=O)(O)O[C@@H](c1ccccc1)C(F)(F)[C@]1(F)OC(F)(F)C(F)(F)C1(F)F. The summed E-state index contributed by atoms with van der Waals surface area (Å²) in [5.41, 5.74) is -0.936. The van der Waals surface area contributed by atoms with E-state index in [1.165, 1.54) is 6.07 Å². The quantitative estimate of drug-likeness (QED) is 0.539. The predicted octanol–water partition coefficient (Wildman–Crippen LogP) is 4.75. The first-order valence-corrected chi connectivity index (χ1v) is 8.87. The lowest BCUT2D eigenvalue weighted by Gasteiger charge is -2.37. The second-order valence-corrected chi connectivity index (χ2v) is 7.50. The minimum Gasteiger partial charge on any atom is -0.324 e. The van der Waals surface area contributed by atoms with E-state index in [9.17, 15) is 44.1 Å². The molecular formula is C13H10F9O4P. The molecule has 1 N–H and O–H groups in total. The maximum Gasteiger partial charge on any atom is 0.428 e. The summed E-state index contributed by atoms with van der Waals surface area (Å²) < 4.78 is 141. The van der Waals surface area contributed by atoms with E-state index in [-0.39, 0.29) is 0 Å². The summed E-state index contributed by atoms with van der Waals surface area (Å²) in [6, 6.07) is 4.54. The highest BCUT2D eigenvalue weighted by atomic mass is 31.2. The van der Waals surface area contributed by atoms with Crippen LogP contribution in [0.1, 0.15) is 11.7 Å². The van der Waals surface area contributed by atoms with Gasteiger partial charge in [-0.25, -0.2) is 0 Å². The largest absolute Gasteiger partial charge is 0.428 e. The molecule has 0 aliphatic carbocycles. The molecule has 3 atom stereocenters. The average Bonchev–Trinajstić information content (AvgIpc) is 2.60. The average molecular weight is 432 g/mol. The van der Waals surface area contributed by atoms with Crippen LogP contribution in [0.15, 0.2) is 30.3 Å². The first-order valence-electron chi connectivity index (χ1n) is 6.85. The number of alkyl halides is 9. The number of benzene rings is 1. The van der Waals surface area contributed by atoms with Crippen LogP contribution >= 0.6 is 7.60 Å². The lowest BCUT2D eigenvalue weighted by atomic mass is 9.92. The highest BCUT2D eigenvalue weighted by Crippen LogP contribution is 2.67. The first kappa shape index (κ1) is 22.0.